The molecule has 4 aromatic rings. The Kier molecular flexibility index (Phi) is 7.33. The summed E-state index contributed by atoms with van der Waals surface area (Å²) in [5.41, 5.74) is 2.91. The van der Waals surface area contributed by atoms with Crippen molar-refractivity contribution >= 4 is 11.8 Å². The Balaban J connectivity index is 1.49. The summed E-state index contributed by atoms with van der Waals surface area (Å²) in [6, 6.07) is 19.0. The number of carbonyl (C=O) groups excluding carboxylic acids is 2. The van der Waals surface area contributed by atoms with Gasteiger partial charge in [0, 0.05) is 17.2 Å². The predicted octanol–water partition coefficient (Wildman–Crippen LogP) is 5.32. The quantitative estimate of drug-likeness (QED) is 0.297. The first-order chi connectivity index (χ1) is 17.3. The van der Waals surface area contributed by atoms with Crippen LogP contribution in [0.1, 0.15) is 67.1 Å². The number of hydrogen-bond acceptors (Lipinski definition) is 5. The average molecular weight is 486 g/mol. The highest BCUT2D eigenvalue weighted by molar-refractivity contribution is 5.94. The fourth-order valence-corrected chi connectivity index (χ4v) is 3.94. The zero-order valence-electron chi connectivity index (χ0n) is 21.0. The third-order valence-electron chi connectivity index (χ3n) is 6.20. The standard InChI is InChI=1S/C28H31N5O3/c1-5-21(6-2)30-26(35)24-17-29-27(36-24)19-12-10-11-18(15-19)22-16-23(33-32-22)25(34)31-28(3,4)20-13-8-7-9-14-20/h7-17,21H,5-6H2,1-4H3,(H,30,35)(H,31,34)(H,32,33). The van der Waals surface area contributed by atoms with Crippen LogP contribution in [-0.4, -0.2) is 33.0 Å². The van der Waals surface area contributed by atoms with E-state index < -0.39 is 5.54 Å². The third-order valence-corrected chi connectivity index (χ3v) is 6.20. The van der Waals surface area contributed by atoms with Crippen LogP contribution in [0.2, 0.25) is 0 Å². The van der Waals surface area contributed by atoms with E-state index in [4.69, 9.17) is 4.42 Å². The molecule has 2 heterocycles. The second-order valence-corrected chi connectivity index (χ2v) is 9.21. The summed E-state index contributed by atoms with van der Waals surface area (Å²) in [6.45, 7) is 7.97. The van der Waals surface area contributed by atoms with Crippen molar-refractivity contribution in [2.75, 3.05) is 0 Å². The van der Waals surface area contributed by atoms with Crippen LogP contribution in [0.4, 0.5) is 0 Å². The molecule has 0 aliphatic rings. The van der Waals surface area contributed by atoms with E-state index in [0.29, 0.717) is 22.8 Å². The van der Waals surface area contributed by atoms with Gasteiger partial charge in [0.05, 0.1) is 17.4 Å². The molecule has 8 nitrogen and oxygen atoms in total. The molecule has 0 unspecified atom stereocenters. The van der Waals surface area contributed by atoms with Gasteiger partial charge >= 0.3 is 0 Å². The highest BCUT2D eigenvalue weighted by Gasteiger charge is 2.24. The molecular formula is C28H31N5O3. The van der Waals surface area contributed by atoms with Gasteiger partial charge in [0.25, 0.3) is 11.8 Å². The number of nitrogens with zero attached hydrogens (tertiary/aromatic N) is 2. The Morgan fingerprint density at radius 1 is 0.972 bits per heavy atom. The first-order valence-corrected chi connectivity index (χ1v) is 12.1. The average Bonchev–Trinajstić information content (AvgIpc) is 3.58. The number of hydrogen-bond donors (Lipinski definition) is 3. The molecular weight excluding hydrogens is 454 g/mol. The van der Waals surface area contributed by atoms with E-state index in [9.17, 15) is 9.59 Å². The van der Waals surface area contributed by atoms with Gasteiger partial charge in [0.2, 0.25) is 11.7 Å². The van der Waals surface area contributed by atoms with Crippen molar-refractivity contribution in [3.8, 4) is 22.7 Å². The van der Waals surface area contributed by atoms with Crippen LogP contribution in [0, 0.1) is 0 Å². The molecule has 0 radical (unpaired) electrons. The van der Waals surface area contributed by atoms with Crippen LogP contribution in [0.3, 0.4) is 0 Å². The van der Waals surface area contributed by atoms with E-state index in [1.807, 2.05) is 82.3 Å². The van der Waals surface area contributed by atoms with Crippen molar-refractivity contribution in [3.63, 3.8) is 0 Å². The summed E-state index contributed by atoms with van der Waals surface area (Å²) in [5, 5.41) is 13.2. The molecule has 3 N–H and O–H groups in total. The number of nitrogens with one attached hydrogen (secondary N) is 3. The van der Waals surface area contributed by atoms with Crippen LogP contribution in [0.5, 0.6) is 0 Å². The van der Waals surface area contributed by atoms with Crippen LogP contribution >= 0.6 is 0 Å². The SMILES string of the molecule is CCC(CC)NC(=O)c1cnc(-c2cccc(-c3cc(C(=O)NC(C)(C)c4ccccc4)[nH]n3)c2)o1. The fraction of sp³-hybridized carbons (Fsp3) is 0.286. The lowest BCUT2D eigenvalue weighted by Crippen LogP contribution is -2.41. The number of aromatic amines is 1. The summed E-state index contributed by atoms with van der Waals surface area (Å²) < 4.78 is 5.74. The van der Waals surface area contributed by atoms with E-state index in [1.165, 1.54) is 6.20 Å². The lowest BCUT2D eigenvalue weighted by Gasteiger charge is -2.26. The number of rotatable bonds is 9. The van der Waals surface area contributed by atoms with Crippen molar-refractivity contribution in [3.05, 3.63) is 83.9 Å². The van der Waals surface area contributed by atoms with Gasteiger partial charge in [-0.1, -0.05) is 56.3 Å². The summed E-state index contributed by atoms with van der Waals surface area (Å²) in [6.07, 6.45) is 3.13. The first-order valence-electron chi connectivity index (χ1n) is 12.1. The maximum absolute atomic E-state index is 12.9. The highest BCUT2D eigenvalue weighted by atomic mass is 16.4. The van der Waals surface area contributed by atoms with Crippen molar-refractivity contribution in [2.24, 2.45) is 0 Å². The van der Waals surface area contributed by atoms with Crippen molar-refractivity contribution < 1.29 is 14.0 Å². The molecule has 0 aliphatic heterocycles. The van der Waals surface area contributed by atoms with Gasteiger partial charge in [0.15, 0.2) is 0 Å². The molecule has 0 saturated carbocycles. The molecule has 2 aromatic carbocycles. The second-order valence-electron chi connectivity index (χ2n) is 9.21. The third kappa shape index (κ3) is 5.54. The molecule has 0 fully saturated rings. The molecule has 0 saturated heterocycles. The van der Waals surface area contributed by atoms with E-state index in [0.717, 1.165) is 24.0 Å². The van der Waals surface area contributed by atoms with Crippen molar-refractivity contribution in [2.45, 2.75) is 52.1 Å². The summed E-state index contributed by atoms with van der Waals surface area (Å²) in [5.74, 6) is -0.0220. The van der Waals surface area contributed by atoms with E-state index >= 15 is 0 Å². The largest absolute Gasteiger partial charge is 0.431 e. The Hall–Kier alpha value is -4.20. The van der Waals surface area contributed by atoms with Crippen molar-refractivity contribution in [1.29, 1.82) is 0 Å². The van der Waals surface area contributed by atoms with Gasteiger partial charge in [-0.15, -0.1) is 0 Å². The summed E-state index contributed by atoms with van der Waals surface area (Å²) in [4.78, 5) is 29.7. The Morgan fingerprint density at radius 3 is 2.42 bits per heavy atom. The molecule has 186 valence electrons. The fourth-order valence-electron chi connectivity index (χ4n) is 3.94. The van der Waals surface area contributed by atoms with E-state index in [1.54, 1.807) is 6.07 Å². The molecule has 8 heteroatoms. The second kappa shape index (κ2) is 10.6. The minimum atomic E-state index is -0.549. The maximum atomic E-state index is 12.9. The minimum Gasteiger partial charge on any atom is -0.431 e. The predicted molar refractivity (Wildman–Crippen MR) is 138 cm³/mol. The molecule has 4 rings (SSSR count). The number of benzene rings is 2. The van der Waals surface area contributed by atoms with Crippen LogP contribution in [-0.2, 0) is 5.54 Å². The normalized spacial score (nSPS) is 11.5. The van der Waals surface area contributed by atoms with Gasteiger partial charge in [0.1, 0.15) is 5.69 Å². The minimum absolute atomic E-state index is 0.0960. The molecule has 2 aromatic heterocycles. The number of oxazole rings is 1. The number of aromatic nitrogens is 3. The lowest BCUT2D eigenvalue weighted by atomic mass is 9.94. The molecule has 0 atom stereocenters. The Morgan fingerprint density at radius 2 is 1.69 bits per heavy atom. The summed E-state index contributed by atoms with van der Waals surface area (Å²) >= 11 is 0. The van der Waals surface area contributed by atoms with E-state index in [-0.39, 0.29) is 23.6 Å². The van der Waals surface area contributed by atoms with Crippen LogP contribution < -0.4 is 10.6 Å². The van der Waals surface area contributed by atoms with Gasteiger partial charge in [-0.3, -0.25) is 14.7 Å². The van der Waals surface area contributed by atoms with Crippen LogP contribution in [0.25, 0.3) is 22.7 Å². The monoisotopic (exact) mass is 485 g/mol. The van der Waals surface area contributed by atoms with Crippen LogP contribution in [0.15, 0.2) is 71.3 Å². The molecule has 2 amide bonds. The molecule has 36 heavy (non-hydrogen) atoms. The molecule has 0 spiro atoms. The topological polar surface area (TPSA) is 113 Å². The molecule has 0 aliphatic carbocycles. The lowest BCUT2D eigenvalue weighted by molar-refractivity contribution is 0.0899. The Labute approximate surface area is 210 Å². The Bertz CT molecular complexity index is 1340. The zero-order chi connectivity index (χ0) is 25.7. The van der Waals surface area contributed by atoms with Gasteiger partial charge < -0.3 is 15.1 Å². The highest BCUT2D eigenvalue weighted by Crippen LogP contribution is 2.26. The number of carbonyl (C=O) groups is 2. The number of amides is 2. The van der Waals surface area contributed by atoms with E-state index in [2.05, 4.69) is 25.8 Å². The number of H-pyrrole nitrogens is 1. The smallest absolute Gasteiger partial charge is 0.288 e. The van der Waals surface area contributed by atoms with Crippen molar-refractivity contribution in [1.82, 2.24) is 25.8 Å². The molecule has 0 bridgehead atoms. The zero-order valence-corrected chi connectivity index (χ0v) is 21.0. The maximum Gasteiger partial charge on any atom is 0.288 e. The van der Waals surface area contributed by atoms with Gasteiger partial charge in [-0.25, -0.2) is 4.98 Å². The van der Waals surface area contributed by atoms with Gasteiger partial charge in [-0.2, -0.15) is 5.10 Å². The first kappa shape index (κ1) is 24.9. The summed E-state index contributed by atoms with van der Waals surface area (Å²) in [7, 11) is 0. The van der Waals surface area contributed by atoms with Gasteiger partial charge in [-0.05, 0) is 50.5 Å².